The summed E-state index contributed by atoms with van der Waals surface area (Å²) in [5.74, 6) is -0.366. The number of aromatic nitrogens is 1. The minimum atomic E-state index is -0.200. The van der Waals surface area contributed by atoms with Crippen molar-refractivity contribution in [2.45, 2.75) is 6.04 Å². The zero-order chi connectivity index (χ0) is 21.6. The normalized spacial score (nSPS) is 15.5. The summed E-state index contributed by atoms with van der Waals surface area (Å²) in [6, 6.07) is 17.7. The second-order valence-electron chi connectivity index (χ2n) is 7.50. The Labute approximate surface area is 186 Å². The maximum absolute atomic E-state index is 14.2. The number of rotatable bonds is 6. The van der Waals surface area contributed by atoms with Crippen molar-refractivity contribution in [3.05, 3.63) is 95.0 Å². The standard InChI is InChI=1S/C24H24ClFN4O/c25-20-7-3-5-18(15-20)24(31)28-17-23(19-6-4-10-27-16-19)30-13-11-29(12-14-30)22-9-2-1-8-21(22)26/h1-10,15-16,23H,11-14,17H2,(H,28,31)/t23-/m0/s1. The van der Waals surface area contributed by atoms with Crippen molar-refractivity contribution in [2.24, 2.45) is 0 Å². The highest BCUT2D eigenvalue weighted by Gasteiger charge is 2.26. The molecule has 0 saturated carbocycles. The van der Waals surface area contributed by atoms with E-state index in [1.54, 1.807) is 36.5 Å². The molecule has 0 radical (unpaired) electrons. The lowest BCUT2D eigenvalue weighted by Crippen LogP contribution is -2.50. The number of nitrogens with zero attached hydrogens (tertiary/aromatic N) is 3. The zero-order valence-electron chi connectivity index (χ0n) is 17.0. The monoisotopic (exact) mass is 438 g/mol. The van der Waals surface area contributed by atoms with E-state index in [0.29, 0.717) is 35.9 Å². The lowest BCUT2D eigenvalue weighted by atomic mass is 10.1. The topological polar surface area (TPSA) is 48.5 Å². The van der Waals surface area contributed by atoms with Gasteiger partial charge >= 0.3 is 0 Å². The van der Waals surface area contributed by atoms with Crippen LogP contribution in [0.1, 0.15) is 22.0 Å². The molecule has 1 atom stereocenters. The minimum absolute atomic E-state index is 0.0281. The zero-order valence-corrected chi connectivity index (χ0v) is 17.8. The van der Waals surface area contributed by atoms with Gasteiger partial charge in [-0.15, -0.1) is 0 Å². The number of carbonyl (C=O) groups excluding carboxylic acids is 1. The molecule has 0 bridgehead atoms. The third-order valence-corrected chi connectivity index (χ3v) is 5.80. The molecule has 2 aromatic carbocycles. The highest BCUT2D eigenvalue weighted by Crippen LogP contribution is 2.25. The van der Waals surface area contributed by atoms with E-state index in [2.05, 4.69) is 20.1 Å². The van der Waals surface area contributed by atoms with E-state index in [0.717, 1.165) is 18.7 Å². The molecule has 1 saturated heterocycles. The Morgan fingerprint density at radius 2 is 1.87 bits per heavy atom. The molecule has 1 aliphatic heterocycles. The van der Waals surface area contributed by atoms with Crippen LogP contribution in [-0.2, 0) is 0 Å². The molecule has 1 fully saturated rings. The fourth-order valence-corrected chi connectivity index (χ4v) is 4.12. The van der Waals surface area contributed by atoms with Gasteiger partial charge in [0.15, 0.2) is 0 Å². The summed E-state index contributed by atoms with van der Waals surface area (Å²) in [4.78, 5) is 21.3. The van der Waals surface area contributed by atoms with Gasteiger partial charge in [0, 0.05) is 55.7 Å². The largest absolute Gasteiger partial charge is 0.367 e. The fourth-order valence-electron chi connectivity index (χ4n) is 3.93. The third-order valence-electron chi connectivity index (χ3n) is 5.56. The van der Waals surface area contributed by atoms with Crippen molar-refractivity contribution in [3.8, 4) is 0 Å². The van der Waals surface area contributed by atoms with E-state index >= 15 is 0 Å². The number of carbonyl (C=O) groups is 1. The number of anilines is 1. The molecular formula is C24H24ClFN4O. The molecular weight excluding hydrogens is 415 g/mol. The molecule has 1 amide bonds. The van der Waals surface area contributed by atoms with Gasteiger partial charge in [0.05, 0.1) is 11.7 Å². The van der Waals surface area contributed by atoms with Crippen molar-refractivity contribution in [3.63, 3.8) is 0 Å². The molecule has 160 valence electrons. The number of nitrogens with one attached hydrogen (secondary N) is 1. The van der Waals surface area contributed by atoms with Crippen molar-refractivity contribution in [1.82, 2.24) is 15.2 Å². The van der Waals surface area contributed by atoms with Crippen molar-refractivity contribution < 1.29 is 9.18 Å². The average Bonchev–Trinajstić information content (AvgIpc) is 2.81. The number of hydrogen-bond acceptors (Lipinski definition) is 4. The van der Waals surface area contributed by atoms with Crippen LogP contribution in [-0.4, -0.2) is 48.5 Å². The Balaban J connectivity index is 1.45. The summed E-state index contributed by atoms with van der Waals surface area (Å²) in [5, 5.41) is 3.56. The molecule has 4 rings (SSSR count). The Hall–Kier alpha value is -2.96. The summed E-state index contributed by atoms with van der Waals surface area (Å²) in [7, 11) is 0. The van der Waals surface area contributed by atoms with Crippen LogP contribution < -0.4 is 10.2 Å². The van der Waals surface area contributed by atoms with E-state index in [-0.39, 0.29) is 17.8 Å². The van der Waals surface area contributed by atoms with Gasteiger partial charge in [0.25, 0.3) is 5.91 Å². The number of amides is 1. The predicted octanol–water partition coefficient (Wildman–Crippen LogP) is 4.17. The molecule has 0 unspecified atom stereocenters. The van der Waals surface area contributed by atoms with E-state index < -0.39 is 0 Å². The van der Waals surface area contributed by atoms with Crippen LogP contribution in [0.4, 0.5) is 10.1 Å². The maximum atomic E-state index is 14.2. The minimum Gasteiger partial charge on any atom is -0.367 e. The number of halogens is 2. The van der Waals surface area contributed by atoms with E-state index in [1.807, 2.05) is 30.5 Å². The van der Waals surface area contributed by atoms with Crippen LogP contribution in [0.15, 0.2) is 73.1 Å². The van der Waals surface area contributed by atoms with Gasteiger partial charge in [0.2, 0.25) is 0 Å². The van der Waals surface area contributed by atoms with Gasteiger partial charge in [0.1, 0.15) is 5.82 Å². The Kier molecular flexibility index (Phi) is 6.79. The quantitative estimate of drug-likeness (QED) is 0.627. The molecule has 0 spiro atoms. The third kappa shape index (κ3) is 5.21. The summed E-state index contributed by atoms with van der Waals surface area (Å²) >= 11 is 6.02. The number of pyridine rings is 1. The molecule has 2 heterocycles. The fraction of sp³-hybridized carbons (Fsp3) is 0.250. The maximum Gasteiger partial charge on any atom is 0.251 e. The van der Waals surface area contributed by atoms with Crippen LogP contribution in [0, 0.1) is 5.82 Å². The van der Waals surface area contributed by atoms with Gasteiger partial charge < -0.3 is 10.2 Å². The van der Waals surface area contributed by atoms with E-state index in [4.69, 9.17) is 11.6 Å². The van der Waals surface area contributed by atoms with Gasteiger partial charge in [-0.05, 0) is 42.0 Å². The summed E-state index contributed by atoms with van der Waals surface area (Å²) in [5.41, 5.74) is 2.20. The predicted molar refractivity (Wildman–Crippen MR) is 121 cm³/mol. The van der Waals surface area contributed by atoms with Crippen molar-refractivity contribution in [2.75, 3.05) is 37.6 Å². The van der Waals surface area contributed by atoms with Crippen LogP contribution in [0.2, 0.25) is 5.02 Å². The molecule has 31 heavy (non-hydrogen) atoms. The van der Waals surface area contributed by atoms with Crippen molar-refractivity contribution >= 4 is 23.2 Å². The van der Waals surface area contributed by atoms with E-state index in [1.165, 1.54) is 6.07 Å². The summed E-state index contributed by atoms with van der Waals surface area (Å²) < 4.78 is 14.2. The summed E-state index contributed by atoms with van der Waals surface area (Å²) in [6.45, 7) is 3.36. The first kappa shape index (κ1) is 21.3. The number of piperazine rings is 1. The molecule has 1 N–H and O–H groups in total. The Morgan fingerprint density at radius 3 is 2.58 bits per heavy atom. The van der Waals surface area contributed by atoms with Gasteiger partial charge in [-0.2, -0.15) is 0 Å². The Bertz CT molecular complexity index is 1020. The number of para-hydroxylation sites is 1. The summed E-state index contributed by atoms with van der Waals surface area (Å²) in [6.07, 6.45) is 3.57. The Morgan fingerprint density at radius 1 is 1.06 bits per heavy atom. The van der Waals surface area contributed by atoms with Crippen LogP contribution >= 0.6 is 11.6 Å². The average molecular weight is 439 g/mol. The van der Waals surface area contributed by atoms with Gasteiger partial charge in [-0.1, -0.05) is 35.9 Å². The van der Waals surface area contributed by atoms with Gasteiger partial charge in [-0.25, -0.2) is 4.39 Å². The lowest BCUT2D eigenvalue weighted by molar-refractivity contribution is 0.0930. The SMILES string of the molecule is O=C(NC[C@@H](c1cccnc1)N1CCN(c2ccccc2F)CC1)c1cccc(Cl)c1. The van der Waals surface area contributed by atoms with Crippen LogP contribution in [0.5, 0.6) is 0 Å². The molecule has 0 aliphatic carbocycles. The van der Waals surface area contributed by atoms with Crippen LogP contribution in [0.25, 0.3) is 0 Å². The van der Waals surface area contributed by atoms with E-state index in [9.17, 15) is 9.18 Å². The van der Waals surface area contributed by atoms with Crippen molar-refractivity contribution in [1.29, 1.82) is 0 Å². The molecule has 1 aliphatic rings. The van der Waals surface area contributed by atoms with Gasteiger partial charge in [-0.3, -0.25) is 14.7 Å². The first-order valence-corrected chi connectivity index (χ1v) is 10.7. The molecule has 7 heteroatoms. The highest BCUT2D eigenvalue weighted by atomic mass is 35.5. The number of benzene rings is 2. The molecule has 5 nitrogen and oxygen atoms in total. The number of hydrogen-bond donors (Lipinski definition) is 1. The second-order valence-corrected chi connectivity index (χ2v) is 7.93. The molecule has 1 aromatic heterocycles. The lowest BCUT2D eigenvalue weighted by Gasteiger charge is -2.40. The smallest absolute Gasteiger partial charge is 0.251 e. The van der Waals surface area contributed by atoms with Crippen LogP contribution in [0.3, 0.4) is 0 Å². The highest BCUT2D eigenvalue weighted by molar-refractivity contribution is 6.30. The second kappa shape index (κ2) is 9.90. The molecule has 3 aromatic rings. The first-order chi connectivity index (χ1) is 15.1. The first-order valence-electron chi connectivity index (χ1n) is 10.3.